The van der Waals surface area contributed by atoms with E-state index in [1.54, 1.807) is 13.4 Å². The fraction of sp³-hybridized carbons (Fsp3) is 0.400. The molecule has 198 valence electrons. The minimum absolute atomic E-state index is 0.389. The lowest BCUT2D eigenvalue weighted by molar-refractivity contribution is 0.107. The van der Waals surface area contributed by atoms with E-state index in [0.717, 1.165) is 60.4 Å². The van der Waals surface area contributed by atoms with Crippen molar-refractivity contribution in [3.05, 3.63) is 61.1 Å². The number of hydrogen-bond acceptors (Lipinski definition) is 7. The molecule has 2 fully saturated rings. The summed E-state index contributed by atoms with van der Waals surface area (Å²) in [7, 11) is 1.66. The Kier molecular flexibility index (Phi) is 6.91. The molecule has 1 saturated carbocycles. The quantitative estimate of drug-likeness (QED) is 0.364. The molecule has 0 radical (unpaired) electrons. The van der Waals surface area contributed by atoms with Crippen LogP contribution in [0.25, 0.3) is 22.2 Å². The Morgan fingerprint density at radius 2 is 1.76 bits per heavy atom. The summed E-state index contributed by atoms with van der Waals surface area (Å²) in [6.07, 6.45) is 8.44. The predicted molar refractivity (Wildman–Crippen MR) is 151 cm³/mol. The molecular weight excluding hydrogens is 476 g/mol. The molecule has 3 N–H and O–H groups in total. The maximum Gasteiger partial charge on any atom is 0.169 e. The van der Waals surface area contributed by atoms with Gasteiger partial charge in [-0.2, -0.15) is 0 Å². The number of benzene rings is 2. The Labute approximate surface area is 223 Å². The molecule has 6 rings (SSSR count). The van der Waals surface area contributed by atoms with E-state index in [9.17, 15) is 0 Å². The molecule has 1 aliphatic heterocycles. The Hall–Kier alpha value is -3.62. The lowest BCUT2D eigenvalue weighted by Gasteiger charge is -2.41. The lowest BCUT2D eigenvalue weighted by Crippen LogP contribution is -2.53. The van der Waals surface area contributed by atoms with Crippen LogP contribution in [0.1, 0.15) is 38.6 Å². The SMILES string of the molecule is COc1cc(-c2cn(C3CCC(N4CCN[C@@H](C)C4)CC3)c3ncnc(N)c23)ccc1Oc1ccccc1. The van der Waals surface area contributed by atoms with Gasteiger partial charge in [-0.15, -0.1) is 0 Å². The molecule has 38 heavy (non-hydrogen) atoms. The van der Waals surface area contributed by atoms with E-state index in [1.807, 2.05) is 42.5 Å². The molecule has 8 heteroatoms. The van der Waals surface area contributed by atoms with Gasteiger partial charge in [0, 0.05) is 49.5 Å². The summed E-state index contributed by atoms with van der Waals surface area (Å²) < 4.78 is 14.1. The zero-order chi connectivity index (χ0) is 26.1. The number of piperazine rings is 1. The van der Waals surface area contributed by atoms with Gasteiger partial charge in [-0.3, -0.25) is 4.90 Å². The van der Waals surface area contributed by atoms with Crippen molar-refractivity contribution in [1.82, 2.24) is 24.8 Å². The Morgan fingerprint density at radius 3 is 2.53 bits per heavy atom. The van der Waals surface area contributed by atoms with Crippen molar-refractivity contribution in [3.8, 4) is 28.4 Å². The molecule has 3 heterocycles. The number of nitrogen functional groups attached to an aromatic ring is 1. The minimum Gasteiger partial charge on any atom is -0.493 e. The molecule has 8 nitrogen and oxygen atoms in total. The third kappa shape index (κ3) is 4.81. The lowest BCUT2D eigenvalue weighted by atomic mass is 9.89. The van der Waals surface area contributed by atoms with Gasteiger partial charge in [0.2, 0.25) is 0 Å². The molecular formula is C30H36N6O2. The standard InChI is InChI=1S/C30H36N6O2/c1-20-17-35(15-14-32-20)22-9-11-23(12-10-22)36-18-25(28-29(31)33-19-34-30(28)36)21-8-13-26(27(16-21)37-2)38-24-6-4-3-5-7-24/h3-8,13,16,18-20,22-23,32H,9-12,14-15,17H2,1-2H3,(H2,31,33,34)/t20-,22?,23?/m0/s1. The van der Waals surface area contributed by atoms with Crippen molar-refractivity contribution >= 4 is 16.9 Å². The van der Waals surface area contributed by atoms with Crippen molar-refractivity contribution in [3.63, 3.8) is 0 Å². The van der Waals surface area contributed by atoms with Crippen LogP contribution in [-0.2, 0) is 0 Å². The number of methoxy groups -OCH3 is 1. The molecule has 4 aromatic rings. The number of aromatic nitrogens is 3. The van der Waals surface area contributed by atoms with Crippen molar-refractivity contribution in [2.75, 3.05) is 32.5 Å². The van der Waals surface area contributed by atoms with Crippen LogP contribution in [0.5, 0.6) is 17.2 Å². The highest BCUT2D eigenvalue weighted by atomic mass is 16.5. The van der Waals surface area contributed by atoms with E-state index in [0.29, 0.717) is 35.4 Å². The molecule has 2 aliphatic rings. The zero-order valence-corrected chi connectivity index (χ0v) is 22.1. The molecule has 0 amide bonds. The second-order valence-electron chi connectivity index (χ2n) is 10.5. The van der Waals surface area contributed by atoms with Gasteiger partial charge in [0.15, 0.2) is 11.5 Å². The average molecular weight is 513 g/mol. The van der Waals surface area contributed by atoms with Gasteiger partial charge >= 0.3 is 0 Å². The third-order valence-corrected chi connectivity index (χ3v) is 8.06. The number of nitrogens with two attached hydrogens (primary N) is 1. The fourth-order valence-electron chi connectivity index (χ4n) is 6.14. The minimum atomic E-state index is 0.389. The summed E-state index contributed by atoms with van der Waals surface area (Å²) in [5.74, 6) is 2.58. The maximum absolute atomic E-state index is 6.44. The van der Waals surface area contributed by atoms with Gasteiger partial charge in [0.25, 0.3) is 0 Å². The zero-order valence-electron chi connectivity index (χ0n) is 22.1. The summed E-state index contributed by atoms with van der Waals surface area (Å²) in [4.78, 5) is 11.7. The van der Waals surface area contributed by atoms with Gasteiger partial charge in [-0.1, -0.05) is 24.3 Å². The monoisotopic (exact) mass is 512 g/mol. The van der Waals surface area contributed by atoms with E-state index in [-0.39, 0.29) is 0 Å². The summed E-state index contributed by atoms with van der Waals surface area (Å²) in [6.45, 7) is 5.65. The van der Waals surface area contributed by atoms with Crippen molar-refractivity contribution in [1.29, 1.82) is 0 Å². The number of ether oxygens (including phenoxy) is 2. The topological polar surface area (TPSA) is 90.5 Å². The number of nitrogens with one attached hydrogen (secondary N) is 1. The summed E-state index contributed by atoms with van der Waals surface area (Å²) in [5.41, 5.74) is 9.35. The normalized spacial score (nSPS) is 22.4. The number of hydrogen-bond donors (Lipinski definition) is 2. The van der Waals surface area contributed by atoms with Crippen molar-refractivity contribution in [2.45, 2.75) is 50.7 Å². The first kappa shape index (κ1) is 24.7. The average Bonchev–Trinajstić information content (AvgIpc) is 3.35. The number of anilines is 1. The Bertz CT molecular complexity index is 1400. The summed E-state index contributed by atoms with van der Waals surface area (Å²) >= 11 is 0. The van der Waals surface area contributed by atoms with Gasteiger partial charge in [0.05, 0.1) is 12.5 Å². The first-order chi connectivity index (χ1) is 18.6. The van der Waals surface area contributed by atoms with E-state index in [1.165, 1.54) is 12.8 Å². The second-order valence-corrected chi connectivity index (χ2v) is 10.5. The van der Waals surface area contributed by atoms with Gasteiger partial charge in [0.1, 0.15) is 23.5 Å². The highest BCUT2D eigenvalue weighted by molar-refractivity contribution is 6.01. The van der Waals surface area contributed by atoms with Gasteiger partial charge in [-0.25, -0.2) is 9.97 Å². The van der Waals surface area contributed by atoms with Crippen LogP contribution in [-0.4, -0.2) is 58.3 Å². The number of nitrogens with zero attached hydrogens (tertiary/aromatic N) is 4. The molecule has 1 saturated heterocycles. The maximum atomic E-state index is 6.44. The number of fused-ring (bicyclic) bond motifs is 1. The molecule has 2 aromatic carbocycles. The fourth-order valence-corrected chi connectivity index (χ4v) is 6.14. The number of rotatable bonds is 6. The highest BCUT2D eigenvalue weighted by Gasteiger charge is 2.30. The molecule has 0 unspecified atom stereocenters. The molecule has 0 bridgehead atoms. The molecule has 0 spiro atoms. The van der Waals surface area contributed by atoms with E-state index < -0.39 is 0 Å². The van der Waals surface area contributed by atoms with E-state index in [4.69, 9.17) is 20.2 Å². The molecule has 2 aromatic heterocycles. The van der Waals surface area contributed by atoms with Gasteiger partial charge < -0.3 is 25.1 Å². The van der Waals surface area contributed by atoms with Crippen LogP contribution in [0.3, 0.4) is 0 Å². The van der Waals surface area contributed by atoms with Crippen LogP contribution < -0.4 is 20.5 Å². The first-order valence-electron chi connectivity index (χ1n) is 13.6. The van der Waals surface area contributed by atoms with Crippen LogP contribution in [0.15, 0.2) is 61.1 Å². The molecule has 1 aliphatic carbocycles. The summed E-state index contributed by atoms with van der Waals surface area (Å²) in [5, 5.41) is 4.46. The van der Waals surface area contributed by atoms with Crippen molar-refractivity contribution in [2.24, 2.45) is 0 Å². The largest absolute Gasteiger partial charge is 0.493 e. The second kappa shape index (κ2) is 10.6. The van der Waals surface area contributed by atoms with Crippen molar-refractivity contribution < 1.29 is 9.47 Å². The highest BCUT2D eigenvalue weighted by Crippen LogP contribution is 2.41. The third-order valence-electron chi connectivity index (χ3n) is 8.06. The van der Waals surface area contributed by atoms with Crippen LogP contribution in [0, 0.1) is 0 Å². The van der Waals surface area contributed by atoms with E-state index >= 15 is 0 Å². The van der Waals surface area contributed by atoms with Gasteiger partial charge in [-0.05, 0) is 62.4 Å². The molecule has 1 atom stereocenters. The van der Waals surface area contributed by atoms with Crippen LogP contribution in [0.2, 0.25) is 0 Å². The van der Waals surface area contributed by atoms with E-state index in [2.05, 4.69) is 39.0 Å². The smallest absolute Gasteiger partial charge is 0.169 e. The number of para-hydroxylation sites is 1. The summed E-state index contributed by atoms with van der Waals surface area (Å²) in [6, 6.07) is 17.3. The first-order valence-corrected chi connectivity index (χ1v) is 13.6. The van der Waals surface area contributed by atoms with Crippen LogP contribution in [0.4, 0.5) is 5.82 Å². The van der Waals surface area contributed by atoms with Crippen LogP contribution >= 0.6 is 0 Å². The Balaban J connectivity index is 1.29. The Morgan fingerprint density at radius 1 is 0.974 bits per heavy atom. The predicted octanol–water partition coefficient (Wildman–Crippen LogP) is 5.26.